The van der Waals surface area contributed by atoms with Crippen molar-refractivity contribution in [3.05, 3.63) is 70.1 Å². The zero-order valence-corrected chi connectivity index (χ0v) is 15.3. The van der Waals surface area contributed by atoms with E-state index in [9.17, 15) is 0 Å². The van der Waals surface area contributed by atoms with Gasteiger partial charge in [-0.25, -0.2) is 0 Å². The first kappa shape index (κ1) is 16.0. The number of thiophene rings is 1. The molecule has 0 saturated carbocycles. The van der Waals surface area contributed by atoms with Gasteiger partial charge in [-0.05, 0) is 71.5 Å². The van der Waals surface area contributed by atoms with E-state index in [1.807, 2.05) is 11.3 Å². The Morgan fingerprint density at radius 2 is 1.65 bits per heavy atom. The molecule has 1 heterocycles. The van der Waals surface area contributed by atoms with Crippen LogP contribution in [-0.4, -0.2) is 0 Å². The molecule has 0 aliphatic carbocycles. The van der Waals surface area contributed by atoms with Crippen LogP contribution < -0.4 is 0 Å². The van der Waals surface area contributed by atoms with Crippen LogP contribution in [0.25, 0.3) is 21.6 Å². The molecule has 0 N–H and O–H groups in total. The van der Waals surface area contributed by atoms with Crippen LogP contribution in [0.2, 0.25) is 0 Å². The topological polar surface area (TPSA) is 0 Å². The molecule has 1 heteroatoms. The Labute approximate surface area is 143 Å². The average molecular weight is 321 g/mol. The molecule has 23 heavy (non-hydrogen) atoms. The van der Waals surface area contributed by atoms with E-state index in [1.54, 1.807) is 0 Å². The van der Waals surface area contributed by atoms with Gasteiger partial charge in [0, 0.05) is 4.88 Å². The molecule has 1 aromatic heterocycles. The monoisotopic (exact) mass is 320 g/mol. The van der Waals surface area contributed by atoms with Gasteiger partial charge in [0.15, 0.2) is 0 Å². The minimum absolute atomic E-state index is 1.06. The van der Waals surface area contributed by atoms with Crippen LogP contribution in [0.15, 0.2) is 47.8 Å². The molecule has 3 rings (SSSR count). The fourth-order valence-corrected chi connectivity index (χ4v) is 4.18. The molecule has 0 amide bonds. The second-order valence-corrected chi connectivity index (χ2v) is 7.17. The smallest absolute Gasteiger partial charge is 0.0348 e. The highest BCUT2D eigenvalue weighted by molar-refractivity contribution is 7.13. The van der Waals surface area contributed by atoms with Gasteiger partial charge in [0.05, 0.1) is 0 Å². The summed E-state index contributed by atoms with van der Waals surface area (Å²) in [4.78, 5) is 1.38. The van der Waals surface area contributed by atoms with Gasteiger partial charge in [-0.1, -0.05) is 55.8 Å². The molecule has 2 aromatic carbocycles. The van der Waals surface area contributed by atoms with E-state index in [0.29, 0.717) is 0 Å². The molecule has 0 bridgehead atoms. The SMILES string of the molecule is CCc1cc(C)cc(-c2cc(C)c(-c3cccs3)c(CC)c2)c1. The zero-order chi connectivity index (χ0) is 16.4. The molecule has 0 spiro atoms. The maximum absolute atomic E-state index is 2.39. The van der Waals surface area contributed by atoms with Crippen LogP contribution in [0.5, 0.6) is 0 Å². The predicted molar refractivity (Wildman–Crippen MR) is 103 cm³/mol. The van der Waals surface area contributed by atoms with Crippen LogP contribution in [0.3, 0.4) is 0 Å². The second-order valence-electron chi connectivity index (χ2n) is 6.22. The normalized spacial score (nSPS) is 11.0. The molecule has 118 valence electrons. The third-order valence-electron chi connectivity index (χ3n) is 4.44. The molecular weight excluding hydrogens is 296 g/mol. The van der Waals surface area contributed by atoms with Crippen molar-refractivity contribution < 1.29 is 0 Å². The van der Waals surface area contributed by atoms with Crippen molar-refractivity contribution >= 4 is 11.3 Å². The Hall–Kier alpha value is -1.86. The summed E-state index contributed by atoms with van der Waals surface area (Å²) in [5.41, 5.74) is 9.70. The molecule has 0 unspecified atom stereocenters. The van der Waals surface area contributed by atoms with Crippen molar-refractivity contribution in [1.29, 1.82) is 0 Å². The van der Waals surface area contributed by atoms with Crippen molar-refractivity contribution in [3.8, 4) is 21.6 Å². The van der Waals surface area contributed by atoms with Gasteiger partial charge in [0.1, 0.15) is 0 Å². The zero-order valence-electron chi connectivity index (χ0n) is 14.4. The van der Waals surface area contributed by atoms with Gasteiger partial charge in [-0.3, -0.25) is 0 Å². The van der Waals surface area contributed by atoms with Crippen molar-refractivity contribution in [2.24, 2.45) is 0 Å². The van der Waals surface area contributed by atoms with E-state index >= 15 is 0 Å². The molecule has 3 aromatic rings. The fourth-order valence-electron chi connectivity index (χ4n) is 3.31. The highest BCUT2D eigenvalue weighted by Crippen LogP contribution is 2.35. The van der Waals surface area contributed by atoms with Crippen molar-refractivity contribution in [2.75, 3.05) is 0 Å². The Bertz CT molecular complexity index is 810. The highest BCUT2D eigenvalue weighted by atomic mass is 32.1. The Balaban J connectivity index is 2.16. The summed E-state index contributed by atoms with van der Waals surface area (Å²) >= 11 is 1.83. The summed E-state index contributed by atoms with van der Waals surface area (Å²) in [6.45, 7) is 8.91. The van der Waals surface area contributed by atoms with Crippen molar-refractivity contribution in [2.45, 2.75) is 40.5 Å². The van der Waals surface area contributed by atoms with E-state index in [2.05, 4.69) is 75.5 Å². The molecule has 0 saturated heterocycles. The van der Waals surface area contributed by atoms with E-state index in [4.69, 9.17) is 0 Å². The lowest BCUT2D eigenvalue weighted by Gasteiger charge is -2.14. The molecule has 0 radical (unpaired) electrons. The number of aryl methyl sites for hydroxylation is 4. The standard InChI is InChI=1S/C22H24S/c1-5-17-10-15(3)11-19(13-17)20-12-16(4)22(18(6-2)14-20)21-8-7-9-23-21/h7-14H,5-6H2,1-4H3. The number of hydrogen-bond donors (Lipinski definition) is 0. The maximum atomic E-state index is 2.39. The van der Waals surface area contributed by atoms with Crippen LogP contribution in [0, 0.1) is 13.8 Å². The third kappa shape index (κ3) is 3.25. The Morgan fingerprint density at radius 1 is 0.870 bits per heavy atom. The van der Waals surface area contributed by atoms with E-state index in [0.717, 1.165) is 12.8 Å². The minimum Gasteiger partial charge on any atom is -0.144 e. The maximum Gasteiger partial charge on any atom is 0.0348 e. The van der Waals surface area contributed by atoms with E-state index in [-0.39, 0.29) is 0 Å². The van der Waals surface area contributed by atoms with Crippen LogP contribution in [-0.2, 0) is 12.8 Å². The molecule has 0 aliphatic rings. The molecular formula is C22H24S. The second kappa shape index (κ2) is 6.72. The third-order valence-corrected chi connectivity index (χ3v) is 5.33. The Kier molecular flexibility index (Phi) is 4.68. The molecule has 0 atom stereocenters. The first-order chi connectivity index (χ1) is 11.1. The van der Waals surface area contributed by atoms with Crippen molar-refractivity contribution in [1.82, 2.24) is 0 Å². The molecule has 0 aliphatic heterocycles. The highest BCUT2D eigenvalue weighted by Gasteiger charge is 2.11. The van der Waals surface area contributed by atoms with Gasteiger partial charge in [0.25, 0.3) is 0 Å². The first-order valence-electron chi connectivity index (χ1n) is 8.40. The van der Waals surface area contributed by atoms with Crippen LogP contribution in [0.4, 0.5) is 0 Å². The largest absolute Gasteiger partial charge is 0.144 e. The summed E-state index contributed by atoms with van der Waals surface area (Å²) in [6.07, 6.45) is 2.15. The number of hydrogen-bond acceptors (Lipinski definition) is 1. The van der Waals surface area contributed by atoms with E-state index < -0.39 is 0 Å². The van der Waals surface area contributed by atoms with E-state index in [1.165, 1.54) is 43.8 Å². The van der Waals surface area contributed by atoms with Crippen molar-refractivity contribution in [3.63, 3.8) is 0 Å². The predicted octanol–water partition coefficient (Wildman–Crippen LogP) is 6.82. The van der Waals surface area contributed by atoms with Gasteiger partial charge in [-0.15, -0.1) is 11.3 Å². The van der Waals surface area contributed by atoms with Crippen LogP contribution in [0.1, 0.15) is 36.1 Å². The fraction of sp³-hybridized carbons (Fsp3) is 0.273. The molecule has 0 fully saturated rings. The van der Waals surface area contributed by atoms with Gasteiger partial charge < -0.3 is 0 Å². The quantitative estimate of drug-likeness (QED) is 0.494. The van der Waals surface area contributed by atoms with Gasteiger partial charge >= 0.3 is 0 Å². The summed E-state index contributed by atoms with van der Waals surface area (Å²) in [7, 11) is 0. The van der Waals surface area contributed by atoms with Gasteiger partial charge in [0.2, 0.25) is 0 Å². The summed E-state index contributed by atoms with van der Waals surface area (Å²) < 4.78 is 0. The lowest BCUT2D eigenvalue weighted by molar-refractivity contribution is 1.13. The number of rotatable bonds is 4. The lowest BCUT2D eigenvalue weighted by Crippen LogP contribution is -1.93. The molecule has 0 nitrogen and oxygen atoms in total. The summed E-state index contributed by atoms with van der Waals surface area (Å²) in [5.74, 6) is 0. The average Bonchev–Trinajstić information content (AvgIpc) is 3.07. The summed E-state index contributed by atoms with van der Waals surface area (Å²) in [5, 5.41) is 2.16. The lowest BCUT2D eigenvalue weighted by atomic mass is 9.91. The minimum atomic E-state index is 1.06. The Morgan fingerprint density at radius 3 is 2.30 bits per heavy atom. The first-order valence-corrected chi connectivity index (χ1v) is 9.28. The van der Waals surface area contributed by atoms with Crippen LogP contribution >= 0.6 is 11.3 Å². The number of benzene rings is 2. The van der Waals surface area contributed by atoms with Gasteiger partial charge in [-0.2, -0.15) is 0 Å². The summed E-state index contributed by atoms with van der Waals surface area (Å²) in [6, 6.07) is 16.0.